The molecule has 4 rings (SSSR count). The van der Waals surface area contributed by atoms with E-state index in [1.807, 2.05) is 0 Å². The molecule has 2 heterocycles. The third-order valence-corrected chi connectivity index (χ3v) is 6.92. The Kier molecular flexibility index (Phi) is 6.70. The molecule has 1 saturated heterocycles. The molecule has 2 amide bonds. The predicted molar refractivity (Wildman–Crippen MR) is 127 cm³/mol. The van der Waals surface area contributed by atoms with Crippen LogP contribution in [0.4, 0.5) is 28.9 Å². The van der Waals surface area contributed by atoms with Crippen LogP contribution < -0.4 is 15.1 Å². The first-order chi connectivity index (χ1) is 17.0. The number of benzene rings is 1. The van der Waals surface area contributed by atoms with Crippen LogP contribution in [0.2, 0.25) is 0 Å². The van der Waals surface area contributed by atoms with Crippen molar-refractivity contribution in [3.05, 3.63) is 53.1 Å². The highest BCUT2D eigenvalue weighted by molar-refractivity contribution is 7.81. The summed E-state index contributed by atoms with van der Waals surface area (Å²) in [6, 6.07) is 6.51. The lowest BCUT2D eigenvalue weighted by Crippen LogP contribution is -2.55. The van der Waals surface area contributed by atoms with Crippen molar-refractivity contribution in [2.75, 3.05) is 16.8 Å². The molecule has 1 aliphatic carbocycles. The van der Waals surface area contributed by atoms with Crippen molar-refractivity contribution < 1.29 is 27.2 Å². The number of nitrogens with zero attached hydrogens (tertiary/aromatic N) is 4. The zero-order chi connectivity index (χ0) is 26.3. The number of rotatable bonds is 6. The largest absolute Gasteiger partial charge is 0.419 e. The zero-order valence-electron chi connectivity index (χ0n) is 19.2. The summed E-state index contributed by atoms with van der Waals surface area (Å²) in [6.45, 7) is 0. The average Bonchev–Trinajstić information content (AvgIpc) is 3.05. The van der Waals surface area contributed by atoms with Crippen molar-refractivity contribution in [1.82, 2.24) is 10.3 Å². The first kappa shape index (κ1) is 25.5. The summed E-state index contributed by atoms with van der Waals surface area (Å²) in [6.07, 6.45) is -1.34. The number of amides is 2. The van der Waals surface area contributed by atoms with Gasteiger partial charge in [-0.15, -0.1) is 0 Å². The summed E-state index contributed by atoms with van der Waals surface area (Å²) in [5.41, 5.74) is -2.72. The van der Waals surface area contributed by atoms with Crippen LogP contribution in [0.1, 0.15) is 48.9 Å². The van der Waals surface area contributed by atoms with E-state index in [-0.39, 0.29) is 23.1 Å². The molecular formula is C24H21F4N5O2S. The first-order valence-corrected chi connectivity index (χ1v) is 11.6. The Hall–Kier alpha value is -3.59. The van der Waals surface area contributed by atoms with Crippen LogP contribution in [0.25, 0.3) is 0 Å². The van der Waals surface area contributed by atoms with Crippen LogP contribution in [-0.4, -0.2) is 34.5 Å². The molecule has 7 nitrogen and oxygen atoms in total. The minimum absolute atomic E-state index is 0.0916. The average molecular weight is 520 g/mol. The summed E-state index contributed by atoms with van der Waals surface area (Å²) in [4.78, 5) is 31.0. The van der Waals surface area contributed by atoms with Crippen molar-refractivity contribution in [1.29, 1.82) is 5.26 Å². The van der Waals surface area contributed by atoms with Crippen molar-refractivity contribution >= 4 is 40.5 Å². The van der Waals surface area contributed by atoms with Crippen molar-refractivity contribution in [3.8, 4) is 6.07 Å². The topological polar surface area (TPSA) is 89.3 Å². The van der Waals surface area contributed by atoms with Gasteiger partial charge in [-0.05, 0) is 68.1 Å². The Morgan fingerprint density at radius 1 is 1.28 bits per heavy atom. The highest BCUT2D eigenvalue weighted by atomic mass is 32.1. The number of pyridine rings is 1. The van der Waals surface area contributed by atoms with E-state index in [4.69, 9.17) is 17.5 Å². The van der Waals surface area contributed by atoms with Crippen LogP contribution in [0.5, 0.6) is 0 Å². The Bertz CT molecular complexity index is 1290. The summed E-state index contributed by atoms with van der Waals surface area (Å²) in [5.74, 6) is -1.20. The van der Waals surface area contributed by atoms with E-state index in [0.29, 0.717) is 49.4 Å². The number of carbonyl (C=O) groups is 2. The molecule has 1 spiro atoms. The summed E-state index contributed by atoms with van der Waals surface area (Å²) in [5, 5.41) is 11.4. The van der Waals surface area contributed by atoms with E-state index in [2.05, 4.69) is 10.3 Å². The van der Waals surface area contributed by atoms with Gasteiger partial charge in [-0.1, -0.05) is 6.07 Å². The quantitative estimate of drug-likeness (QED) is 0.454. The highest BCUT2D eigenvalue weighted by Crippen LogP contribution is 2.48. The van der Waals surface area contributed by atoms with Gasteiger partial charge in [-0.25, -0.2) is 9.37 Å². The molecule has 2 fully saturated rings. The third kappa shape index (κ3) is 4.28. The summed E-state index contributed by atoms with van der Waals surface area (Å²) in [7, 11) is 1.52. The fourth-order valence-electron chi connectivity index (χ4n) is 4.53. The molecule has 1 N–H and O–H groups in total. The predicted octanol–water partition coefficient (Wildman–Crippen LogP) is 4.24. The minimum atomic E-state index is -4.86. The molecular weight excluding hydrogens is 498 g/mol. The van der Waals surface area contributed by atoms with Gasteiger partial charge in [0.2, 0.25) is 5.91 Å². The third-order valence-electron chi connectivity index (χ3n) is 6.56. The monoisotopic (exact) mass is 519 g/mol. The van der Waals surface area contributed by atoms with Crippen LogP contribution in [0, 0.1) is 17.1 Å². The number of hydrogen-bond acceptors (Lipinski definition) is 5. The maximum absolute atomic E-state index is 15.0. The number of nitrogens with one attached hydrogen (secondary N) is 1. The number of carbonyl (C=O) groups excluding carboxylic acids is 2. The second-order valence-corrected chi connectivity index (χ2v) is 9.01. The maximum Gasteiger partial charge on any atom is 0.419 e. The molecule has 2 aliphatic rings. The molecule has 0 atom stereocenters. The number of halogens is 4. The van der Waals surface area contributed by atoms with E-state index >= 15 is 0 Å². The first-order valence-electron chi connectivity index (χ1n) is 11.2. The van der Waals surface area contributed by atoms with Crippen LogP contribution in [0.15, 0.2) is 30.5 Å². The normalized spacial score (nSPS) is 16.8. The number of aryl methyl sites for hydroxylation is 1. The second-order valence-electron chi connectivity index (χ2n) is 8.65. The molecule has 12 heteroatoms. The fraction of sp³-hybridized carbons (Fsp3) is 0.375. The molecule has 1 saturated carbocycles. The van der Waals surface area contributed by atoms with Gasteiger partial charge in [0.25, 0.3) is 5.91 Å². The lowest BCUT2D eigenvalue weighted by molar-refractivity contribution is -0.138. The van der Waals surface area contributed by atoms with Gasteiger partial charge in [0, 0.05) is 19.2 Å². The maximum atomic E-state index is 15.0. The smallest absolute Gasteiger partial charge is 0.359 e. The lowest BCUT2D eigenvalue weighted by atomic mass is 9.75. The van der Waals surface area contributed by atoms with E-state index in [9.17, 15) is 27.2 Å². The molecule has 0 bridgehead atoms. The van der Waals surface area contributed by atoms with E-state index in [0.717, 1.165) is 11.1 Å². The van der Waals surface area contributed by atoms with Gasteiger partial charge >= 0.3 is 6.18 Å². The van der Waals surface area contributed by atoms with E-state index in [1.165, 1.54) is 24.1 Å². The number of thiocarbonyl (C=S) groups is 1. The Labute approximate surface area is 209 Å². The number of hydrogen-bond donors (Lipinski definition) is 1. The lowest BCUT2D eigenvalue weighted by Gasteiger charge is -2.43. The molecule has 2 aromatic rings. The number of nitriles is 1. The number of aromatic nitrogens is 1. The van der Waals surface area contributed by atoms with Crippen LogP contribution in [-0.2, 0) is 22.2 Å². The molecule has 1 aromatic heterocycles. The van der Waals surface area contributed by atoms with E-state index < -0.39 is 34.7 Å². The van der Waals surface area contributed by atoms with Gasteiger partial charge < -0.3 is 10.2 Å². The zero-order valence-corrected chi connectivity index (χ0v) is 20.0. The Morgan fingerprint density at radius 2 is 2.00 bits per heavy atom. The van der Waals surface area contributed by atoms with Crippen LogP contribution in [0.3, 0.4) is 0 Å². The molecule has 1 aliphatic heterocycles. The fourth-order valence-corrected chi connectivity index (χ4v) is 5.00. The van der Waals surface area contributed by atoms with Crippen LogP contribution >= 0.6 is 12.2 Å². The molecule has 36 heavy (non-hydrogen) atoms. The Morgan fingerprint density at radius 3 is 2.56 bits per heavy atom. The number of anilines is 2. The van der Waals surface area contributed by atoms with Crippen molar-refractivity contribution in [2.45, 2.75) is 50.2 Å². The highest BCUT2D eigenvalue weighted by Gasteiger charge is 2.59. The molecule has 0 unspecified atom stereocenters. The van der Waals surface area contributed by atoms with Gasteiger partial charge in [0.15, 0.2) is 10.8 Å². The minimum Gasteiger partial charge on any atom is -0.359 e. The Balaban J connectivity index is 1.67. The van der Waals surface area contributed by atoms with Gasteiger partial charge in [0.05, 0.1) is 17.4 Å². The van der Waals surface area contributed by atoms with Gasteiger partial charge in [-0.2, -0.15) is 18.4 Å². The second kappa shape index (κ2) is 9.46. The van der Waals surface area contributed by atoms with Crippen molar-refractivity contribution in [2.24, 2.45) is 0 Å². The molecule has 188 valence electrons. The number of alkyl halides is 3. The SMILES string of the molecule is CNC(=O)CCCc1ccc(N2C(=S)N(c3cnc(C#N)c(C(F)(F)F)c3)C(=O)C23CCC3)cc1F. The van der Waals surface area contributed by atoms with Crippen molar-refractivity contribution in [3.63, 3.8) is 0 Å². The summed E-state index contributed by atoms with van der Waals surface area (Å²) < 4.78 is 55.5. The van der Waals surface area contributed by atoms with Gasteiger partial charge in [-0.3, -0.25) is 14.5 Å². The standard InChI is InChI=1S/C24H21F4N5O2S/c1-30-20(34)5-2-4-14-6-7-15(11-18(14)25)33-22(36)32(21(35)23(33)8-3-9-23)16-10-17(24(26,27)28)19(12-29)31-13-16/h6-7,10-11,13H,2-5,8-9H2,1H3,(H,30,34). The molecule has 0 radical (unpaired) electrons. The van der Waals surface area contributed by atoms with Gasteiger partial charge in [0.1, 0.15) is 17.4 Å². The molecule has 1 aromatic carbocycles. The van der Waals surface area contributed by atoms with E-state index in [1.54, 1.807) is 12.1 Å². The summed E-state index contributed by atoms with van der Waals surface area (Å²) >= 11 is 5.53.